The summed E-state index contributed by atoms with van der Waals surface area (Å²) in [6, 6.07) is 16.8. The maximum absolute atomic E-state index is 5.39. The molecule has 1 nitrogen and oxygen atoms in total. The minimum absolute atomic E-state index is 0. The van der Waals surface area contributed by atoms with Gasteiger partial charge in [0.15, 0.2) is 0 Å². The van der Waals surface area contributed by atoms with Crippen LogP contribution in [0, 0.1) is 12.5 Å². The molecule has 4 rings (SSSR count). The minimum Gasteiger partial charge on any atom is -0.505 e. The van der Waals surface area contributed by atoms with Crippen molar-refractivity contribution in [2.24, 2.45) is 0 Å². The number of ether oxygens (including phenoxy) is 1. The van der Waals surface area contributed by atoms with Crippen molar-refractivity contribution in [1.82, 2.24) is 0 Å². The fourth-order valence-corrected chi connectivity index (χ4v) is 2.48. The predicted octanol–water partition coefficient (Wildman–Crippen LogP) is 7.10. The molecule has 140 valence electrons. The van der Waals surface area contributed by atoms with Gasteiger partial charge in [0.2, 0.25) is 0 Å². The van der Waals surface area contributed by atoms with Crippen LogP contribution in [0.2, 0.25) is 0 Å². The van der Waals surface area contributed by atoms with Crippen molar-refractivity contribution >= 4 is 46.4 Å². The topological polar surface area (TPSA) is 9.23 Å². The smallest absolute Gasteiger partial charge is 0.0860 e. The number of hydrogen-bond donors (Lipinski definition) is 0. The molecule has 0 saturated carbocycles. The predicted molar refractivity (Wildman–Crippen MR) is 115 cm³/mol. The second kappa shape index (κ2) is 15.1. The van der Waals surface area contributed by atoms with Crippen LogP contribution in [0.3, 0.4) is 0 Å². The van der Waals surface area contributed by atoms with Crippen molar-refractivity contribution in [1.29, 1.82) is 0 Å². The molecule has 0 fully saturated rings. The van der Waals surface area contributed by atoms with Crippen LogP contribution >= 0.6 is 24.8 Å². The van der Waals surface area contributed by atoms with Gasteiger partial charge < -0.3 is 11.2 Å². The zero-order valence-electron chi connectivity index (χ0n) is 15.4. The summed E-state index contributed by atoms with van der Waals surface area (Å²) in [6.45, 7) is 4.00. The number of allylic oxidation sites excluding steroid dienone is 4. The molecule has 3 aromatic rings. The standard InChI is InChI=1S/C14H11O.C5H5.C3H7.2ClH.Hf/c1-15-13-8-4-6-11-9-10-5-2-3-7-12(10)14(11)13;1-2-4-5-3-1;1-3-2;;;/h2-9H,1H3;1-3H,4H2;3H,1-2H3;2*1H;/q3*-1;;;. The quantitative estimate of drug-likeness (QED) is 0.230. The number of benzene rings is 2. The van der Waals surface area contributed by atoms with E-state index in [1.54, 1.807) is 7.11 Å². The van der Waals surface area contributed by atoms with Gasteiger partial charge in [-0.05, 0) is 6.07 Å². The molecule has 0 atom stereocenters. The molecular formula is C22H25Cl2HfO-3. The van der Waals surface area contributed by atoms with E-state index >= 15 is 0 Å². The fourth-order valence-electron chi connectivity index (χ4n) is 2.48. The van der Waals surface area contributed by atoms with Crippen molar-refractivity contribution in [3.05, 3.63) is 79.3 Å². The van der Waals surface area contributed by atoms with E-state index in [1.807, 2.05) is 44.6 Å². The van der Waals surface area contributed by atoms with Crippen LogP contribution < -0.4 is 4.74 Å². The van der Waals surface area contributed by atoms with E-state index in [2.05, 4.69) is 48.6 Å². The van der Waals surface area contributed by atoms with Gasteiger partial charge in [-0.2, -0.15) is 19.9 Å². The van der Waals surface area contributed by atoms with Crippen molar-refractivity contribution < 1.29 is 30.6 Å². The summed E-state index contributed by atoms with van der Waals surface area (Å²) in [5, 5.41) is 5.01. The number of methoxy groups -OCH3 is 1. The maximum Gasteiger partial charge on any atom is 0.0860 e. The van der Waals surface area contributed by atoms with Crippen LogP contribution in [0.4, 0.5) is 0 Å². The van der Waals surface area contributed by atoms with Crippen LogP contribution in [0.1, 0.15) is 20.3 Å². The number of rotatable bonds is 1. The second-order valence-corrected chi connectivity index (χ2v) is 5.24. The molecule has 0 bridgehead atoms. The van der Waals surface area contributed by atoms with Gasteiger partial charge in [-0.15, -0.1) is 65.6 Å². The molecule has 0 spiro atoms. The van der Waals surface area contributed by atoms with Gasteiger partial charge in [0.1, 0.15) is 0 Å². The van der Waals surface area contributed by atoms with E-state index in [-0.39, 0.29) is 50.7 Å². The summed E-state index contributed by atoms with van der Waals surface area (Å²) in [5.74, 6) is 0.952. The Bertz CT molecular complexity index is 796. The SMILES string of the molecule is COc1cccc2[cH-]c3ccccc3c12.C[CH-]C.Cl.Cl.[C-]1=CC=CC1.[Hf]. The third-order valence-electron chi connectivity index (χ3n) is 3.41. The summed E-state index contributed by atoms with van der Waals surface area (Å²) < 4.78 is 5.39. The molecule has 0 aliphatic heterocycles. The molecular weight excluding hydrogens is 530 g/mol. The number of fused-ring (bicyclic) bond motifs is 3. The van der Waals surface area contributed by atoms with E-state index in [9.17, 15) is 0 Å². The van der Waals surface area contributed by atoms with Gasteiger partial charge >= 0.3 is 0 Å². The van der Waals surface area contributed by atoms with E-state index in [0.29, 0.717) is 0 Å². The fraction of sp³-hybridized carbons (Fsp3) is 0.182. The van der Waals surface area contributed by atoms with Gasteiger partial charge in [-0.1, -0.05) is 29.7 Å². The van der Waals surface area contributed by atoms with Crippen LogP contribution in [-0.4, -0.2) is 7.11 Å². The van der Waals surface area contributed by atoms with E-state index in [0.717, 1.165) is 12.2 Å². The maximum atomic E-state index is 5.39. The Hall–Kier alpha value is -0.960. The van der Waals surface area contributed by atoms with Gasteiger partial charge in [0, 0.05) is 25.8 Å². The average molecular weight is 555 g/mol. The summed E-state index contributed by atoms with van der Waals surface area (Å²) in [7, 11) is 1.72. The first-order valence-corrected chi connectivity index (χ1v) is 7.88. The van der Waals surface area contributed by atoms with Crippen molar-refractivity contribution in [3.8, 4) is 5.75 Å². The third-order valence-corrected chi connectivity index (χ3v) is 3.41. The molecule has 26 heavy (non-hydrogen) atoms. The van der Waals surface area contributed by atoms with Crippen LogP contribution in [0.15, 0.2) is 66.8 Å². The molecule has 1 aliphatic carbocycles. The number of halogens is 2. The molecule has 0 aromatic heterocycles. The van der Waals surface area contributed by atoms with Crippen molar-refractivity contribution in [2.75, 3.05) is 7.11 Å². The molecule has 4 heteroatoms. The van der Waals surface area contributed by atoms with E-state index in [4.69, 9.17) is 4.74 Å². The van der Waals surface area contributed by atoms with Crippen LogP contribution in [-0.2, 0) is 25.8 Å². The van der Waals surface area contributed by atoms with E-state index in [1.165, 1.54) is 21.5 Å². The van der Waals surface area contributed by atoms with Crippen molar-refractivity contribution in [2.45, 2.75) is 20.3 Å². The molecule has 3 aromatic carbocycles. The van der Waals surface area contributed by atoms with Gasteiger partial charge in [0.25, 0.3) is 0 Å². The largest absolute Gasteiger partial charge is 0.505 e. The molecule has 0 N–H and O–H groups in total. The monoisotopic (exact) mass is 555 g/mol. The molecule has 0 radical (unpaired) electrons. The first kappa shape index (κ1) is 27.3. The summed E-state index contributed by atoms with van der Waals surface area (Å²) >= 11 is 0. The molecule has 0 unspecified atom stereocenters. The second-order valence-electron chi connectivity index (χ2n) is 5.24. The summed E-state index contributed by atoms with van der Waals surface area (Å²) in [5.41, 5.74) is 0. The normalized spacial score (nSPS) is 10.4. The molecule has 0 heterocycles. The van der Waals surface area contributed by atoms with E-state index < -0.39 is 0 Å². The Balaban J connectivity index is 0. The Kier molecular flexibility index (Phi) is 15.9. The Morgan fingerprint density at radius 3 is 2.19 bits per heavy atom. The zero-order chi connectivity index (χ0) is 16.5. The molecule has 1 aliphatic rings. The first-order valence-electron chi connectivity index (χ1n) is 7.88. The van der Waals surface area contributed by atoms with Gasteiger partial charge in [-0.25, -0.2) is 12.2 Å². The Morgan fingerprint density at radius 1 is 1.00 bits per heavy atom. The number of hydrogen-bond acceptors (Lipinski definition) is 1. The summed E-state index contributed by atoms with van der Waals surface area (Å²) in [4.78, 5) is 0. The molecule has 0 saturated heterocycles. The minimum atomic E-state index is 0. The van der Waals surface area contributed by atoms with Crippen LogP contribution in [0.5, 0.6) is 5.75 Å². The Labute approximate surface area is 188 Å². The summed E-state index contributed by atoms with van der Waals surface area (Å²) in [6.07, 6.45) is 12.0. The third kappa shape index (κ3) is 7.34. The first-order chi connectivity index (χ1) is 11.3. The van der Waals surface area contributed by atoms with Crippen molar-refractivity contribution in [3.63, 3.8) is 0 Å². The molecule has 0 amide bonds. The Morgan fingerprint density at radius 2 is 1.65 bits per heavy atom. The zero-order valence-corrected chi connectivity index (χ0v) is 20.6. The van der Waals surface area contributed by atoms with Gasteiger partial charge in [-0.3, -0.25) is 6.08 Å². The van der Waals surface area contributed by atoms with Gasteiger partial charge in [0.05, 0.1) is 12.9 Å². The average Bonchev–Trinajstić information content (AvgIpc) is 3.26. The van der Waals surface area contributed by atoms with Crippen LogP contribution in [0.25, 0.3) is 21.5 Å².